The first-order valence-corrected chi connectivity index (χ1v) is 6.16. The zero-order chi connectivity index (χ0) is 14.5. The topological polar surface area (TPSA) is 64.3 Å². The summed E-state index contributed by atoms with van der Waals surface area (Å²) in [6.07, 6.45) is 0. The number of nitrogens with one attached hydrogen (secondary N) is 1. The van der Waals surface area contributed by atoms with Crippen LogP contribution in [0.3, 0.4) is 0 Å². The summed E-state index contributed by atoms with van der Waals surface area (Å²) >= 11 is 5.78. The number of halogens is 2. The van der Waals surface area contributed by atoms with Crippen LogP contribution in [0.5, 0.6) is 5.75 Å². The molecule has 6 heteroatoms. The van der Waals surface area contributed by atoms with E-state index in [-0.39, 0.29) is 17.4 Å². The summed E-state index contributed by atoms with van der Waals surface area (Å²) < 4.78 is 18.5. The van der Waals surface area contributed by atoms with Gasteiger partial charge in [0, 0.05) is 11.4 Å². The highest BCUT2D eigenvalue weighted by atomic mass is 35.5. The Bertz CT molecular complexity index is 597. The van der Waals surface area contributed by atoms with Crippen LogP contribution in [0.15, 0.2) is 42.5 Å². The van der Waals surface area contributed by atoms with Crippen molar-refractivity contribution in [3.8, 4) is 5.75 Å². The average molecular weight is 295 g/mol. The Morgan fingerprint density at radius 1 is 1.25 bits per heavy atom. The van der Waals surface area contributed by atoms with Crippen LogP contribution in [0.1, 0.15) is 0 Å². The number of amides is 1. The molecule has 20 heavy (non-hydrogen) atoms. The molecule has 4 nitrogen and oxygen atoms in total. The third kappa shape index (κ3) is 3.61. The molecule has 0 saturated carbocycles. The van der Waals surface area contributed by atoms with E-state index in [1.165, 1.54) is 18.2 Å². The Labute approximate surface area is 120 Å². The Hall–Kier alpha value is -2.27. The lowest BCUT2D eigenvalue weighted by atomic mass is 10.3. The largest absolute Gasteiger partial charge is 0.479 e. The molecule has 0 radical (unpaired) electrons. The molecule has 0 aliphatic carbocycles. The highest BCUT2D eigenvalue weighted by Crippen LogP contribution is 2.27. The first kappa shape index (κ1) is 14.1. The van der Waals surface area contributed by atoms with Gasteiger partial charge < -0.3 is 15.8 Å². The predicted octanol–water partition coefficient (Wildman–Crippen LogP) is 3.08. The van der Waals surface area contributed by atoms with Gasteiger partial charge in [0.05, 0.1) is 5.02 Å². The van der Waals surface area contributed by atoms with Gasteiger partial charge in [-0.2, -0.15) is 0 Å². The number of hydrogen-bond donors (Lipinski definition) is 2. The van der Waals surface area contributed by atoms with E-state index >= 15 is 0 Å². The molecule has 104 valence electrons. The highest BCUT2D eigenvalue weighted by molar-refractivity contribution is 6.32. The lowest BCUT2D eigenvalue weighted by molar-refractivity contribution is -0.118. The molecule has 0 fully saturated rings. The summed E-state index contributed by atoms with van der Waals surface area (Å²) in [5.41, 5.74) is 6.70. The van der Waals surface area contributed by atoms with Crippen molar-refractivity contribution in [1.29, 1.82) is 0 Å². The Morgan fingerprint density at radius 3 is 2.60 bits per heavy atom. The van der Waals surface area contributed by atoms with Crippen molar-refractivity contribution in [2.45, 2.75) is 0 Å². The van der Waals surface area contributed by atoms with Crippen LogP contribution in [0.4, 0.5) is 15.8 Å². The van der Waals surface area contributed by atoms with Gasteiger partial charge in [-0.3, -0.25) is 4.79 Å². The first-order chi connectivity index (χ1) is 9.56. The molecular weight excluding hydrogens is 283 g/mol. The summed E-state index contributed by atoms with van der Waals surface area (Å²) in [6, 6.07) is 10.8. The summed E-state index contributed by atoms with van der Waals surface area (Å²) in [6.45, 7) is -0.342. The number of hydrogen-bond acceptors (Lipinski definition) is 3. The van der Waals surface area contributed by atoms with Gasteiger partial charge in [0.2, 0.25) is 0 Å². The second-order valence-electron chi connectivity index (χ2n) is 4.01. The Morgan fingerprint density at radius 2 is 1.95 bits per heavy atom. The molecule has 2 rings (SSSR count). The lowest BCUT2D eigenvalue weighted by Gasteiger charge is -2.09. The number of ether oxygens (including phenoxy) is 1. The third-order valence-corrected chi connectivity index (χ3v) is 2.76. The number of nitrogens with two attached hydrogens (primary N) is 1. The maximum Gasteiger partial charge on any atom is 0.262 e. The zero-order valence-electron chi connectivity index (χ0n) is 10.4. The van der Waals surface area contributed by atoms with Crippen molar-refractivity contribution in [2.75, 3.05) is 17.7 Å². The summed E-state index contributed by atoms with van der Waals surface area (Å²) in [7, 11) is 0. The van der Waals surface area contributed by atoms with Crippen molar-refractivity contribution in [3.05, 3.63) is 53.3 Å². The molecule has 0 unspecified atom stereocenters. The summed E-state index contributed by atoms with van der Waals surface area (Å²) in [5, 5.41) is 2.71. The van der Waals surface area contributed by atoms with E-state index in [1.54, 1.807) is 24.3 Å². The van der Waals surface area contributed by atoms with Crippen molar-refractivity contribution >= 4 is 28.9 Å². The molecule has 2 aromatic carbocycles. The number of carbonyl (C=O) groups excluding carboxylic acids is 1. The van der Waals surface area contributed by atoms with Gasteiger partial charge in [0.1, 0.15) is 0 Å². The number of anilines is 2. The second kappa shape index (κ2) is 6.25. The smallest absolute Gasteiger partial charge is 0.262 e. The van der Waals surface area contributed by atoms with Gasteiger partial charge in [-0.1, -0.05) is 17.7 Å². The minimum Gasteiger partial charge on any atom is -0.479 e. The zero-order valence-corrected chi connectivity index (χ0v) is 11.2. The predicted molar refractivity (Wildman–Crippen MR) is 76.4 cm³/mol. The van der Waals surface area contributed by atoms with Crippen LogP contribution >= 0.6 is 11.6 Å². The third-order valence-electron chi connectivity index (χ3n) is 2.46. The number of para-hydroxylation sites is 1. The summed E-state index contributed by atoms with van der Waals surface area (Å²) in [5.74, 6) is -1.17. The maximum absolute atomic E-state index is 13.4. The van der Waals surface area contributed by atoms with Gasteiger partial charge in [-0.15, -0.1) is 0 Å². The molecule has 1 amide bonds. The lowest BCUT2D eigenvalue weighted by Crippen LogP contribution is -2.20. The van der Waals surface area contributed by atoms with Crippen LogP contribution < -0.4 is 15.8 Å². The first-order valence-electron chi connectivity index (χ1n) is 5.78. The molecule has 2 aromatic rings. The fourth-order valence-electron chi connectivity index (χ4n) is 1.52. The van der Waals surface area contributed by atoms with E-state index in [0.717, 1.165) is 0 Å². The van der Waals surface area contributed by atoms with Crippen LogP contribution in [-0.4, -0.2) is 12.5 Å². The highest BCUT2D eigenvalue weighted by Gasteiger charge is 2.10. The van der Waals surface area contributed by atoms with E-state index in [4.69, 9.17) is 22.1 Å². The van der Waals surface area contributed by atoms with Gasteiger partial charge >= 0.3 is 0 Å². The standard InChI is InChI=1S/C14H12ClFN2O2/c15-11-2-1-3-12(16)14(11)20-8-13(19)18-10-6-4-9(17)5-7-10/h1-7H,8,17H2,(H,18,19). The van der Waals surface area contributed by atoms with Crippen molar-refractivity contribution in [2.24, 2.45) is 0 Å². The van der Waals surface area contributed by atoms with Gasteiger partial charge in [0.25, 0.3) is 5.91 Å². The molecule has 0 aromatic heterocycles. The molecule has 0 atom stereocenters. The number of nitrogen functional groups attached to an aromatic ring is 1. The SMILES string of the molecule is Nc1ccc(NC(=O)COc2c(F)cccc2Cl)cc1. The fraction of sp³-hybridized carbons (Fsp3) is 0.0714. The molecule has 0 aliphatic rings. The van der Waals surface area contributed by atoms with Gasteiger partial charge in [-0.05, 0) is 36.4 Å². The normalized spacial score (nSPS) is 10.1. The van der Waals surface area contributed by atoms with Gasteiger partial charge in [0.15, 0.2) is 18.2 Å². The molecule has 3 N–H and O–H groups in total. The van der Waals surface area contributed by atoms with Crippen molar-refractivity contribution in [3.63, 3.8) is 0 Å². The quantitative estimate of drug-likeness (QED) is 0.852. The van der Waals surface area contributed by atoms with Crippen LogP contribution in [0, 0.1) is 5.82 Å². The minimum absolute atomic E-state index is 0.116. The molecule has 0 bridgehead atoms. The molecular formula is C14H12ClFN2O2. The van der Waals surface area contributed by atoms with E-state index in [1.807, 2.05) is 0 Å². The van der Waals surface area contributed by atoms with Crippen LogP contribution in [0.2, 0.25) is 5.02 Å². The van der Waals surface area contributed by atoms with E-state index in [9.17, 15) is 9.18 Å². The Kier molecular flexibility index (Phi) is 4.42. The number of benzene rings is 2. The number of carbonyl (C=O) groups is 1. The Balaban J connectivity index is 1.94. The van der Waals surface area contributed by atoms with E-state index < -0.39 is 11.7 Å². The van der Waals surface area contributed by atoms with E-state index in [2.05, 4.69) is 5.32 Å². The molecule has 0 heterocycles. The van der Waals surface area contributed by atoms with Crippen molar-refractivity contribution < 1.29 is 13.9 Å². The summed E-state index contributed by atoms with van der Waals surface area (Å²) in [4.78, 5) is 11.7. The van der Waals surface area contributed by atoms with Crippen LogP contribution in [0.25, 0.3) is 0 Å². The molecule has 0 aliphatic heterocycles. The average Bonchev–Trinajstić information content (AvgIpc) is 2.41. The minimum atomic E-state index is -0.613. The molecule has 0 saturated heterocycles. The number of rotatable bonds is 4. The van der Waals surface area contributed by atoms with E-state index in [0.29, 0.717) is 11.4 Å². The maximum atomic E-state index is 13.4. The van der Waals surface area contributed by atoms with Gasteiger partial charge in [-0.25, -0.2) is 4.39 Å². The molecule has 0 spiro atoms. The van der Waals surface area contributed by atoms with Crippen molar-refractivity contribution in [1.82, 2.24) is 0 Å². The monoisotopic (exact) mass is 294 g/mol. The second-order valence-corrected chi connectivity index (χ2v) is 4.42. The fourth-order valence-corrected chi connectivity index (χ4v) is 1.74. The van der Waals surface area contributed by atoms with Crippen LogP contribution in [-0.2, 0) is 4.79 Å².